The monoisotopic (exact) mass is 200 g/mol. The normalized spacial score (nSPS) is 22.8. The summed E-state index contributed by atoms with van der Waals surface area (Å²) in [5.74, 6) is 0.0380. The smallest absolute Gasteiger partial charge is 0.216 e. The molecule has 0 aromatic carbocycles. The van der Waals surface area contributed by atoms with E-state index >= 15 is 0 Å². The van der Waals surface area contributed by atoms with Crippen LogP contribution < -0.4 is 10.6 Å². The molecular weight excluding hydrogens is 180 g/mol. The number of ether oxygens (including phenoxy) is 1. The number of carbonyl (C=O) groups is 1. The fourth-order valence-electron chi connectivity index (χ4n) is 1.62. The van der Waals surface area contributed by atoms with E-state index in [2.05, 4.69) is 10.6 Å². The number of rotatable bonds is 4. The molecule has 1 heterocycles. The highest BCUT2D eigenvalue weighted by Gasteiger charge is 2.10. The van der Waals surface area contributed by atoms with Gasteiger partial charge in [0.05, 0.1) is 0 Å². The van der Waals surface area contributed by atoms with Gasteiger partial charge < -0.3 is 15.4 Å². The third-order valence-electron chi connectivity index (χ3n) is 2.38. The summed E-state index contributed by atoms with van der Waals surface area (Å²) in [5.41, 5.74) is 0. The van der Waals surface area contributed by atoms with Crippen LogP contribution in [0.1, 0.15) is 26.2 Å². The predicted molar refractivity (Wildman–Crippen MR) is 55.1 cm³/mol. The molecule has 82 valence electrons. The maximum absolute atomic E-state index is 10.6. The molecule has 1 amide bonds. The van der Waals surface area contributed by atoms with Gasteiger partial charge in [-0.05, 0) is 19.3 Å². The average molecular weight is 200 g/mol. The molecule has 4 nitrogen and oxygen atoms in total. The van der Waals surface area contributed by atoms with Crippen LogP contribution >= 0.6 is 0 Å². The minimum atomic E-state index is 0.0380. The van der Waals surface area contributed by atoms with Gasteiger partial charge in [0.1, 0.15) is 0 Å². The van der Waals surface area contributed by atoms with Crippen LogP contribution in [0.25, 0.3) is 0 Å². The van der Waals surface area contributed by atoms with E-state index in [-0.39, 0.29) is 5.91 Å². The summed E-state index contributed by atoms with van der Waals surface area (Å²) in [5, 5.41) is 6.19. The van der Waals surface area contributed by atoms with Crippen LogP contribution in [-0.2, 0) is 9.53 Å². The number of amides is 1. The second-order valence-corrected chi connectivity index (χ2v) is 3.68. The third-order valence-corrected chi connectivity index (χ3v) is 2.38. The van der Waals surface area contributed by atoms with Crippen LogP contribution in [0.4, 0.5) is 0 Å². The van der Waals surface area contributed by atoms with Gasteiger partial charge in [0, 0.05) is 39.3 Å². The minimum Gasteiger partial charge on any atom is -0.381 e. The summed E-state index contributed by atoms with van der Waals surface area (Å²) in [6, 6.07) is 0.561. The molecule has 1 aliphatic rings. The Morgan fingerprint density at radius 2 is 2.21 bits per heavy atom. The van der Waals surface area contributed by atoms with E-state index in [1.165, 1.54) is 6.42 Å². The molecule has 2 N–H and O–H groups in total. The average Bonchev–Trinajstić information content (AvgIpc) is 2.40. The maximum atomic E-state index is 10.6. The molecular formula is C10H20N2O2. The summed E-state index contributed by atoms with van der Waals surface area (Å²) in [6.45, 7) is 4.86. The van der Waals surface area contributed by atoms with E-state index < -0.39 is 0 Å². The molecule has 1 saturated heterocycles. The fraction of sp³-hybridized carbons (Fsp3) is 0.900. The molecule has 14 heavy (non-hydrogen) atoms. The standard InChI is InChI=1S/C10H20N2O2/c1-9(13)11-5-6-12-10-3-2-7-14-8-4-10/h10,12H,2-8H2,1H3,(H,11,13). The quantitative estimate of drug-likeness (QED) is 0.641. The van der Waals surface area contributed by atoms with Crippen LogP contribution in [0.5, 0.6) is 0 Å². The van der Waals surface area contributed by atoms with E-state index in [9.17, 15) is 4.79 Å². The van der Waals surface area contributed by atoms with Crippen LogP contribution in [0.3, 0.4) is 0 Å². The molecule has 4 heteroatoms. The van der Waals surface area contributed by atoms with E-state index in [0.29, 0.717) is 12.6 Å². The fourth-order valence-corrected chi connectivity index (χ4v) is 1.62. The van der Waals surface area contributed by atoms with E-state index in [0.717, 1.165) is 32.6 Å². The maximum Gasteiger partial charge on any atom is 0.216 e. The zero-order valence-electron chi connectivity index (χ0n) is 8.84. The Morgan fingerprint density at radius 3 is 3.00 bits per heavy atom. The molecule has 0 bridgehead atoms. The van der Waals surface area contributed by atoms with Gasteiger partial charge in [-0.2, -0.15) is 0 Å². The highest BCUT2D eigenvalue weighted by molar-refractivity contribution is 5.72. The van der Waals surface area contributed by atoms with Gasteiger partial charge in [-0.25, -0.2) is 0 Å². The topological polar surface area (TPSA) is 50.4 Å². The first-order valence-corrected chi connectivity index (χ1v) is 5.34. The zero-order valence-corrected chi connectivity index (χ0v) is 8.84. The molecule has 1 aliphatic heterocycles. The lowest BCUT2D eigenvalue weighted by Gasteiger charge is -2.15. The Bertz CT molecular complexity index is 166. The Balaban J connectivity index is 2.01. The second kappa shape index (κ2) is 6.79. The SMILES string of the molecule is CC(=O)NCCNC1CCCOCC1. The van der Waals surface area contributed by atoms with Crippen molar-refractivity contribution in [2.75, 3.05) is 26.3 Å². The second-order valence-electron chi connectivity index (χ2n) is 3.68. The Labute approximate surface area is 85.4 Å². The lowest BCUT2D eigenvalue weighted by Crippen LogP contribution is -2.36. The predicted octanol–water partition coefficient (Wildman–Crippen LogP) is 0.281. The van der Waals surface area contributed by atoms with Gasteiger partial charge in [0.2, 0.25) is 5.91 Å². The molecule has 1 rings (SSSR count). The molecule has 0 aromatic rings. The Kier molecular flexibility index (Phi) is 5.56. The summed E-state index contributed by atoms with van der Waals surface area (Å²) in [7, 11) is 0. The highest BCUT2D eigenvalue weighted by atomic mass is 16.5. The largest absolute Gasteiger partial charge is 0.381 e. The van der Waals surface area contributed by atoms with Crippen LogP contribution in [-0.4, -0.2) is 38.3 Å². The summed E-state index contributed by atoms with van der Waals surface area (Å²) >= 11 is 0. The minimum absolute atomic E-state index is 0.0380. The van der Waals surface area contributed by atoms with Crippen molar-refractivity contribution in [1.29, 1.82) is 0 Å². The van der Waals surface area contributed by atoms with E-state index in [4.69, 9.17) is 4.74 Å². The first-order valence-electron chi connectivity index (χ1n) is 5.34. The van der Waals surface area contributed by atoms with Gasteiger partial charge in [-0.1, -0.05) is 0 Å². The van der Waals surface area contributed by atoms with Gasteiger partial charge in [0.25, 0.3) is 0 Å². The number of carbonyl (C=O) groups excluding carboxylic acids is 1. The van der Waals surface area contributed by atoms with Crippen molar-refractivity contribution in [2.24, 2.45) is 0 Å². The van der Waals surface area contributed by atoms with Gasteiger partial charge in [-0.3, -0.25) is 4.79 Å². The number of nitrogens with one attached hydrogen (secondary N) is 2. The van der Waals surface area contributed by atoms with Crippen LogP contribution in [0.15, 0.2) is 0 Å². The van der Waals surface area contributed by atoms with Gasteiger partial charge >= 0.3 is 0 Å². The first-order chi connectivity index (χ1) is 6.79. The van der Waals surface area contributed by atoms with Gasteiger partial charge in [0.15, 0.2) is 0 Å². The Hall–Kier alpha value is -0.610. The van der Waals surface area contributed by atoms with E-state index in [1.54, 1.807) is 6.92 Å². The first kappa shape index (κ1) is 11.5. The number of hydrogen-bond acceptors (Lipinski definition) is 3. The molecule has 1 atom stereocenters. The van der Waals surface area contributed by atoms with Crippen LogP contribution in [0.2, 0.25) is 0 Å². The molecule has 0 saturated carbocycles. The summed E-state index contributed by atoms with van der Waals surface area (Å²) < 4.78 is 5.36. The summed E-state index contributed by atoms with van der Waals surface area (Å²) in [6.07, 6.45) is 3.40. The molecule has 1 unspecified atom stereocenters. The zero-order chi connectivity index (χ0) is 10.2. The van der Waals surface area contributed by atoms with Crippen molar-refractivity contribution in [3.63, 3.8) is 0 Å². The van der Waals surface area contributed by atoms with Crippen molar-refractivity contribution in [3.8, 4) is 0 Å². The van der Waals surface area contributed by atoms with Crippen molar-refractivity contribution in [2.45, 2.75) is 32.2 Å². The van der Waals surface area contributed by atoms with Crippen molar-refractivity contribution in [3.05, 3.63) is 0 Å². The molecule has 1 fully saturated rings. The lowest BCUT2D eigenvalue weighted by atomic mass is 10.1. The van der Waals surface area contributed by atoms with Crippen molar-refractivity contribution >= 4 is 5.91 Å². The highest BCUT2D eigenvalue weighted by Crippen LogP contribution is 2.07. The van der Waals surface area contributed by atoms with E-state index in [1.807, 2.05) is 0 Å². The molecule has 0 aliphatic carbocycles. The molecule has 0 radical (unpaired) electrons. The van der Waals surface area contributed by atoms with Gasteiger partial charge in [-0.15, -0.1) is 0 Å². The Morgan fingerprint density at radius 1 is 1.36 bits per heavy atom. The van der Waals surface area contributed by atoms with Crippen molar-refractivity contribution < 1.29 is 9.53 Å². The van der Waals surface area contributed by atoms with Crippen molar-refractivity contribution in [1.82, 2.24) is 10.6 Å². The molecule has 0 spiro atoms. The lowest BCUT2D eigenvalue weighted by molar-refractivity contribution is -0.118. The van der Waals surface area contributed by atoms with Crippen LogP contribution in [0, 0.1) is 0 Å². The molecule has 0 aromatic heterocycles. The number of hydrogen-bond donors (Lipinski definition) is 2. The summed E-state index contributed by atoms with van der Waals surface area (Å²) in [4.78, 5) is 10.6. The third kappa shape index (κ3) is 5.19.